The van der Waals surface area contributed by atoms with E-state index in [1.54, 1.807) is 6.92 Å². The second kappa shape index (κ2) is 8.89. The third kappa shape index (κ3) is 4.61. The van der Waals surface area contributed by atoms with Crippen LogP contribution in [0, 0.1) is 10.8 Å². The van der Waals surface area contributed by atoms with Crippen molar-refractivity contribution in [2.75, 3.05) is 52.5 Å². The van der Waals surface area contributed by atoms with E-state index in [-0.39, 0.29) is 29.4 Å². The van der Waals surface area contributed by atoms with Gasteiger partial charge in [-0.2, -0.15) is 0 Å². The number of piperidine rings is 1. The molecule has 33 heavy (non-hydrogen) atoms. The van der Waals surface area contributed by atoms with Crippen LogP contribution in [0.4, 0.5) is 4.79 Å². The zero-order valence-corrected chi connectivity index (χ0v) is 19.4. The van der Waals surface area contributed by atoms with Gasteiger partial charge in [-0.05, 0) is 43.7 Å². The Morgan fingerprint density at radius 3 is 2.52 bits per heavy atom. The molecule has 2 atom stereocenters. The van der Waals surface area contributed by atoms with Crippen LogP contribution in [0.2, 0.25) is 0 Å². The summed E-state index contributed by atoms with van der Waals surface area (Å²) in [5.74, 6) is -0.0419. The summed E-state index contributed by atoms with van der Waals surface area (Å²) in [6.45, 7) is 7.37. The van der Waals surface area contributed by atoms with Gasteiger partial charge in [0, 0.05) is 38.1 Å². The normalized spacial score (nSPS) is 28.5. The first-order valence-corrected chi connectivity index (χ1v) is 12.1. The molecule has 1 aliphatic carbocycles. The predicted molar refractivity (Wildman–Crippen MR) is 121 cm³/mol. The summed E-state index contributed by atoms with van der Waals surface area (Å²) in [6.07, 6.45) is 2.68. The largest absolute Gasteiger partial charge is 0.445 e. The number of nitrogens with zero attached hydrogens (tertiary/aromatic N) is 3. The van der Waals surface area contributed by atoms with Crippen molar-refractivity contribution in [3.05, 3.63) is 35.9 Å². The Bertz CT molecular complexity index is 870. The van der Waals surface area contributed by atoms with Crippen molar-refractivity contribution in [3.8, 4) is 0 Å². The Hall–Kier alpha value is -2.16. The standard InChI is InChI=1S/C25H35N3O5/c1-19-22(30)27(11-12-28(19)23(31)33-14-20-5-3-2-4-6-20)16-24(17-32-18-24)15-26-10-9-25(7-8-25)21(29)13-26/h2-6,19,21,29H,7-18H2,1H3/t19-,21+/m0/s1. The Kier molecular flexibility index (Phi) is 6.09. The van der Waals surface area contributed by atoms with Crippen molar-refractivity contribution >= 4 is 12.0 Å². The quantitative estimate of drug-likeness (QED) is 0.701. The third-order valence-corrected chi connectivity index (χ3v) is 8.04. The van der Waals surface area contributed by atoms with Gasteiger partial charge in [0.1, 0.15) is 12.6 Å². The van der Waals surface area contributed by atoms with Gasteiger partial charge in [0.25, 0.3) is 0 Å². The molecule has 0 unspecified atom stereocenters. The van der Waals surface area contributed by atoms with E-state index >= 15 is 0 Å². The molecule has 1 aromatic rings. The first kappa shape index (κ1) is 22.6. The summed E-state index contributed by atoms with van der Waals surface area (Å²) >= 11 is 0. The van der Waals surface area contributed by atoms with E-state index in [9.17, 15) is 14.7 Å². The number of rotatable bonds is 6. The van der Waals surface area contributed by atoms with Crippen LogP contribution in [0.5, 0.6) is 0 Å². The fourth-order valence-corrected chi connectivity index (χ4v) is 5.61. The molecular weight excluding hydrogens is 422 g/mol. The summed E-state index contributed by atoms with van der Waals surface area (Å²) < 4.78 is 11.0. The Morgan fingerprint density at radius 1 is 1.12 bits per heavy atom. The maximum Gasteiger partial charge on any atom is 0.410 e. The maximum absolute atomic E-state index is 13.2. The van der Waals surface area contributed by atoms with E-state index in [2.05, 4.69) is 4.90 Å². The molecular formula is C25H35N3O5. The number of carbonyl (C=O) groups excluding carboxylic acids is 2. The van der Waals surface area contributed by atoms with Crippen LogP contribution in [0.3, 0.4) is 0 Å². The van der Waals surface area contributed by atoms with Crippen LogP contribution in [0.25, 0.3) is 0 Å². The SMILES string of the molecule is C[C@H]1C(=O)N(CC2(CN3CCC4(CC4)[C@H](O)C3)COC2)CCN1C(=O)OCc1ccccc1. The monoisotopic (exact) mass is 457 g/mol. The molecule has 5 rings (SSSR count). The van der Waals surface area contributed by atoms with Gasteiger partial charge >= 0.3 is 6.09 Å². The van der Waals surface area contributed by atoms with E-state index in [1.165, 1.54) is 4.90 Å². The molecule has 3 heterocycles. The summed E-state index contributed by atoms with van der Waals surface area (Å²) in [5.41, 5.74) is 1.02. The van der Waals surface area contributed by atoms with Gasteiger partial charge in [-0.15, -0.1) is 0 Å². The molecule has 1 spiro atoms. The van der Waals surface area contributed by atoms with Gasteiger partial charge in [-0.3, -0.25) is 14.6 Å². The molecule has 3 saturated heterocycles. The number of benzene rings is 1. The lowest BCUT2D eigenvalue weighted by Gasteiger charge is -2.50. The number of aliphatic hydroxyl groups excluding tert-OH is 1. The van der Waals surface area contributed by atoms with Crippen molar-refractivity contribution in [2.24, 2.45) is 10.8 Å². The number of hydrogen-bond donors (Lipinski definition) is 1. The van der Waals surface area contributed by atoms with E-state index < -0.39 is 12.1 Å². The predicted octanol–water partition coefficient (Wildman–Crippen LogP) is 1.72. The minimum atomic E-state index is -0.549. The molecule has 3 aliphatic heterocycles. The molecule has 180 valence electrons. The van der Waals surface area contributed by atoms with Crippen molar-refractivity contribution in [3.63, 3.8) is 0 Å². The number of piperazine rings is 1. The van der Waals surface area contributed by atoms with E-state index in [1.807, 2.05) is 35.2 Å². The van der Waals surface area contributed by atoms with Gasteiger partial charge in [-0.25, -0.2) is 4.79 Å². The smallest absolute Gasteiger partial charge is 0.410 e. The molecule has 1 aromatic carbocycles. The van der Waals surface area contributed by atoms with Crippen LogP contribution in [-0.4, -0.2) is 96.4 Å². The van der Waals surface area contributed by atoms with Gasteiger partial charge in [0.05, 0.1) is 19.3 Å². The van der Waals surface area contributed by atoms with E-state index in [4.69, 9.17) is 9.47 Å². The van der Waals surface area contributed by atoms with Crippen molar-refractivity contribution < 1.29 is 24.2 Å². The highest BCUT2D eigenvalue weighted by Gasteiger charge is 2.53. The Morgan fingerprint density at radius 2 is 1.88 bits per heavy atom. The average Bonchev–Trinajstić information content (AvgIpc) is 3.58. The molecule has 8 nitrogen and oxygen atoms in total. The van der Waals surface area contributed by atoms with Crippen LogP contribution >= 0.6 is 0 Å². The van der Waals surface area contributed by atoms with Crippen molar-refractivity contribution in [1.82, 2.24) is 14.7 Å². The molecule has 0 aromatic heterocycles. The van der Waals surface area contributed by atoms with Crippen molar-refractivity contribution in [2.45, 2.75) is 44.9 Å². The highest BCUT2D eigenvalue weighted by atomic mass is 16.6. The Labute approximate surface area is 195 Å². The maximum atomic E-state index is 13.2. The number of aliphatic hydroxyl groups is 1. The highest BCUT2D eigenvalue weighted by Crippen LogP contribution is 2.54. The first-order valence-electron chi connectivity index (χ1n) is 12.1. The summed E-state index contributed by atoms with van der Waals surface area (Å²) in [4.78, 5) is 31.5. The number of ether oxygens (including phenoxy) is 2. The van der Waals surface area contributed by atoms with Gasteiger partial charge < -0.3 is 19.5 Å². The molecule has 1 N–H and O–H groups in total. The fraction of sp³-hybridized carbons (Fsp3) is 0.680. The minimum Gasteiger partial charge on any atom is -0.445 e. The lowest BCUT2D eigenvalue weighted by atomic mass is 9.82. The lowest BCUT2D eigenvalue weighted by Crippen LogP contribution is -2.64. The first-order chi connectivity index (χ1) is 15.9. The van der Waals surface area contributed by atoms with Gasteiger partial charge in [0.2, 0.25) is 5.91 Å². The molecule has 4 aliphatic rings. The van der Waals surface area contributed by atoms with Crippen LogP contribution < -0.4 is 0 Å². The van der Waals surface area contributed by atoms with E-state index in [0.29, 0.717) is 39.4 Å². The van der Waals surface area contributed by atoms with Crippen LogP contribution in [0.15, 0.2) is 30.3 Å². The zero-order valence-electron chi connectivity index (χ0n) is 19.4. The topological polar surface area (TPSA) is 82.6 Å². The number of likely N-dealkylation sites (tertiary alicyclic amines) is 1. The third-order valence-electron chi connectivity index (χ3n) is 8.04. The number of β-amino-alcohol motifs (C(OH)–C–C–N with tert-alkyl or cyclic N) is 1. The van der Waals surface area contributed by atoms with Gasteiger partial charge in [0.15, 0.2) is 0 Å². The highest BCUT2D eigenvalue weighted by molar-refractivity contribution is 5.86. The fourth-order valence-electron chi connectivity index (χ4n) is 5.61. The lowest BCUT2D eigenvalue weighted by molar-refractivity contribution is -0.163. The van der Waals surface area contributed by atoms with E-state index in [0.717, 1.165) is 37.9 Å². The molecule has 1 saturated carbocycles. The van der Waals surface area contributed by atoms with Crippen LogP contribution in [0.1, 0.15) is 31.7 Å². The number of amides is 2. The summed E-state index contributed by atoms with van der Waals surface area (Å²) in [6, 6.07) is 9.00. The summed E-state index contributed by atoms with van der Waals surface area (Å²) in [7, 11) is 0. The number of carbonyl (C=O) groups is 2. The zero-order chi connectivity index (χ0) is 23.1. The van der Waals surface area contributed by atoms with Crippen molar-refractivity contribution in [1.29, 1.82) is 0 Å². The second-order valence-corrected chi connectivity index (χ2v) is 10.5. The molecule has 8 heteroatoms. The second-order valence-electron chi connectivity index (χ2n) is 10.5. The summed E-state index contributed by atoms with van der Waals surface area (Å²) in [5, 5.41) is 10.6. The average molecular weight is 458 g/mol. The minimum absolute atomic E-state index is 0.0419. The molecule has 4 fully saturated rings. The number of hydrogen-bond acceptors (Lipinski definition) is 6. The Balaban J connectivity index is 1.14. The van der Waals surface area contributed by atoms with Gasteiger partial charge in [-0.1, -0.05) is 30.3 Å². The van der Waals surface area contributed by atoms with Crippen LogP contribution in [-0.2, 0) is 20.9 Å². The molecule has 0 bridgehead atoms. The molecule has 0 radical (unpaired) electrons. The molecule has 2 amide bonds.